The minimum Gasteiger partial charge on any atom is -0.324 e. The van der Waals surface area contributed by atoms with Crippen molar-refractivity contribution in [2.24, 2.45) is 5.84 Å². The summed E-state index contributed by atoms with van der Waals surface area (Å²) < 4.78 is 0. The lowest BCUT2D eigenvalue weighted by molar-refractivity contribution is 1.23. The summed E-state index contributed by atoms with van der Waals surface area (Å²) in [7, 11) is 0. The minimum absolute atomic E-state index is 0.978. The van der Waals surface area contributed by atoms with Crippen molar-refractivity contribution in [1.29, 1.82) is 0 Å². The molecule has 4 aromatic carbocycles. The molecule has 2 heteroatoms. The first-order valence-electron chi connectivity index (χ1n) is 9.68. The van der Waals surface area contributed by atoms with E-state index in [4.69, 9.17) is 5.84 Å². The standard InChI is InChI=1S/C13H12N2.C13H10/c14-15-13-7-3-6-11-10-5-2-1-4-9(10)8-12(11)13;1-3-7-12-10(5-1)9-11-6-2-4-8-13(11)12/h1-7,15H,8,14H2;1-8H,9H2. The minimum atomic E-state index is 0.978. The normalized spacial score (nSPS) is 12.2. The van der Waals surface area contributed by atoms with Crippen molar-refractivity contribution in [3.05, 3.63) is 113 Å². The highest BCUT2D eigenvalue weighted by Crippen LogP contribution is 2.39. The van der Waals surface area contributed by atoms with E-state index >= 15 is 0 Å². The summed E-state index contributed by atoms with van der Waals surface area (Å²) in [5.74, 6) is 5.51. The third-order valence-corrected chi connectivity index (χ3v) is 5.71. The summed E-state index contributed by atoms with van der Waals surface area (Å²) in [5.41, 5.74) is 14.9. The smallest absolute Gasteiger partial charge is 0.0526 e. The van der Waals surface area contributed by atoms with Crippen LogP contribution in [-0.4, -0.2) is 0 Å². The lowest BCUT2D eigenvalue weighted by Crippen LogP contribution is -2.08. The van der Waals surface area contributed by atoms with Crippen LogP contribution in [-0.2, 0) is 12.8 Å². The van der Waals surface area contributed by atoms with E-state index in [1.54, 1.807) is 0 Å². The van der Waals surface area contributed by atoms with Gasteiger partial charge in [-0.25, -0.2) is 0 Å². The van der Waals surface area contributed by atoms with Crippen LogP contribution in [0.4, 0.5) is 5.69 Å². The zero-order valence-corrected chi connectivity index (χ0v) is 15.7. The van der Waals surface area contributed by atoms with Gasteiger partial charge in [-0.1, -0.05) is 84.9 Å². The molecule has 0 radical (unpaired) electrons. The molecule has 6 rings (SSSR count). The number of anilines is 1. The first-order valence-corrected chi connectivity index (χ1v) is 9.68. The molecular weight excluding hydrogens is 340 g/mol. The molecule has 136 valence electrons. The predicted octanol–water partition coefficient (Wildman–Crippen LogP) is 5.80. The van der Waals surface area contributed by atoms with Crippen LogP contribution in [0.5, 0.6) is 0 Å². The highest BCUT2D eigenvalue weighted by atomic mass is 15.2. The van der Waals surface area contributed by atoms with Crippen LogP contribution < -0.4 is 11.3 Å². The molecule has 28 heavy (non-hydrogen) atoms. The van der Waals surface area contributed by atoms with E-state index in [1.807, 2.05) is 12.1 Å². The molecule has 2 nitrogen and oxygen atoms in total. The first-order chi connectivity index (χ1) is 13.8. The van der Waals surface area contributed by atoms with Gasteiger partial charge >= 0.3 is 0 Å². The summed E-state index contributed by atoms with van der Waals surface area (Å²) in [6.45, 7) is 0. The van der Waals surface area contributed by atoms with Crippen LogP contribution >= 0.6 is 0 Å². The summed E-state index contributed by atoms with van der Waals surface area (Å²) in [6.07, 6.45) is 2.08. The monoisotopic (exact) mass is 362 g/mol. The van der Waals surface area contributed by atoms with E-state index in [1.165, 1.54) is 44.5 Å². The second-order valence-electron chi connectivity index (χ2n) is 7.30. The molecule has 0 saturated carbocycles. The van der Waals surface area contributed by atoms with Crippen molar-refractivity contribution in [1.82, 2.24) is 0 Å². The van der Waals surface area contributed by atoms with Gasteiger partial charge in [0.15, 0.2) is 0 Å². The number of rotatable bonds is 1. The molecule has 0 aromatic heterocycles. The molecule has 0 heterocycles. The van der Waals surface area contributed by atoms with E-state index in [0.29, 0.717) is 0 Å². The number of hydrogen-bond donors (Lipinski definition) is 2. The van der Waals surface area contributed by atoms with Crippen molar-refractivity contribution in [3.63, 3.8) is 0 Å². The van der Waals surface area contributed by atoms with E-state index in [9.17, 15) is 0 Å². The Morgan fingerprint density at radius 2 is 0.964 bits per heavy atom. The molecule has 4 aromatic rings. The fourth-order valence-electron chi connectivity index (χ4n) is 4.37. The maximum Gasteiger partial charge on any atom is 0.0526 e. The van der Waals surface area contributed by atoms with Gasteiger partial charge in [0.1, 0.15) is 0 Å². The first kappa shape index (κ1) is 16.8. The quantitative estimate of drug-likeness (QED) is 0.286. The van der Waals surface area contributed by atoms with Gasteiger partial charge in [0, 0.05) is 6.42 Å². The summed E-state index contributed by atoms with van der Waals surface area (Å²) in [4.78, 5) is 0. The number of hydrazine groups is 1. The molecule has 3 N–H and O–H groups in total. The molecule has 0 atom stereocenters. The van der Waals surface area contributed by atoms with Gasteiger partial charge in [-0.05, 0) is 57.0 Å². The Kier molecular flexibility index (Phi) is 4.19. The Labute approximate surface area is 165 Å². The number of nitrogens with one attached hydrogen (secondary N) is 1. The topological polar surface area (TPSA) is 38.0 Å². The second kappa shape index (κ2) is 6.99. The molecule has 2 aliphatic rings. The number of nitrogen functional groups attached to an aromatic ring is 1. The van der Waals surface area contributed by atoms with Crippen LogP contribution in [0.2, 0.25) is 0 Å². The summed E-state index contributed by atoms with van der Waals surface area (Å²) >= 11 is 0. The maximum absolute atomic E-state index is 5.51. The molecule has 0 unspecified atom stereocenters. The van der Waals surface area contributed by atoms with Gasteiger partial charge < -0.3 is 5.43 Å². The molecular formula is C26H22N2. The largest absolute Gasteiger partial charge is 0.324 e. The van der Waals surface area contributed by atoms with Gasteiger partial charge in [-0.3, -0.25) is 5.84 Å². The zero-order valence-electron chi connectivity index (χ0n) is 15.7. The van der Waals surface area contributed by atoms with Crippen molar-refractivity contribution >= 4 is 5.69 Å². The Bertz CT molecular complexity index is 1120. The highest BCUT2D eigenvalue weighted by Gasteiger charge is 2.19. The van der Waals surface area contributed by atoms with Gasteiger partial charge in [-0.15, -0.1) is 0 Å². The molecule has 0 aliphatic heterocycles. The Morgan fingerprint density at radius 3 is 1.54 bits per heavy atom. The number of fused-ring (bicyclic) bond motifs is 6. The van der Waals surface area contributed by atoms with Crippen molar-refractivity contribution < 1.29 is 0 Å². The van der Waals surface area contributed by atoms with Crippen LogP contribution in [0.15, 0.2) is 91.0 Å². The average molecular weight is 362 g/mol. The summed E-state index contributed by atoms with van der Waals surface area (Å²) in [6, 6.07) is 32.0. The molecule has 0 fully saturated rings. The van der Waals surface area contributed by atoms with Crippen molar-refractivity contribution in [2.75, 3.05) is 5.43 Å². The predicted molar refractivity (Wildman–Crippen MR) is 117 cm³/mol. The van der Waals surface area contributed by atoms with E-state index in [0.717, 1.165) is 18.5 Å². The van der Waals surface area contributed by atoms with Crippen LogP contribution in [0, 0.1) is 0 Å². The van der Waals surface area contributed by atoms with E-state index in [-0.39, 0.29) is 0 Å². The molecule has 0 amide bonds. The Hall–Kier alpha value is -3.36. The number of hydrogen-bond acceptors (Lipinski definition) is 2. The van der Waals surface area contributed by atoms with Crippen LogP contribution in [0.3, 0.4) is 0 Å². The van der Waals surface area contributed by atoms with Crippen molar-refractivity contribution in [2.45, 2.75) is 12.8 Å². The molecule has 2 aliphatic carbocycles. The van der Waals surface area contributed by atoms with Gasteiger partial charge in [-0.2, -0.15) is 0 Å². The molecule has 0 spiro atoms. The Morgan fingerprint density at radius 1 is 0.500 bits per heavy atom. The van der Waals surface area contributed by atoms with E-state index < -0.39 is 0 Å². The fourth-order valence-corrected chi connectivity index (χ4v) is 4.37. The Balaban J connectivity index is 0.000000123. The SMILES string of the molecule is NNc1cccc2c1Cc1ccccc1-2.c1ccc2c(c1)Cc1ccccc1-2. The maximum atomic E-state index is 5.51. The average Bonchev–Trinajstić information content (AvgIpc) is 3.32. The number of benzene rings is 4. The zero-order chi connectivity index (χ0) is 18.9. The third-order valence-electron chi connectivity index (χ3n) is 5.71. The van der Waals surface area contributed by atoms with Gasteiger partial charge in [0.25, 0.3) is 0 Å². The molecule has 0 bridgehead atoms. The fraction of sp³-hybridized carbons (Fsp3) is 0.0769. The summed E-state index contributed by atoms with van der Waals surface area (Å²) in [5, 5.41) is 0. The lowest BCUT2D eigenvalue weighted by Gasteiger charge is -2.06. The van der Waals surface area contributed by atoms with Crippen LogP contribution in [0.25, 0.3) is 22.3 Å². The third kappa shape index (κ3) is 2.79. The van der Waals surface area contributed by atoms with Crippen molar-refractivity contribution in [3.8, 4) is 22.3 Å². The van der Waals surface area contributed by atoms with Crippen LogP contribution in [0.1, 0.15) is 22.3 Å². The van der Waals surface area contributed by atoms with Gasteiger partial charge in [0.05, 0.1) is 5.69 Å². The lowest BCUT2D eigenvalue weighted by atomic mass is 10.1. The molecule has 0 saturated heterocycles. The second-order valence-corrected chi connectivity index (χ2v) is 7.30. The van der Waals surface area contributed by atoms with Gasteiger partial charge in [0.2, 0.25) is 0 Å². The van der Waals surface area contributed by atoms with E-state index in [2.05, 4.69) is 84.3 Å². The number of nitrogens with two attached hydrogens (primary N) is 1. The highest BCUT2D eigenvalue weighted by molar-refractivity contribution is 5.81.